The van der Waals surface area contributed by atoms with Gasteiger partial charge in [0.1, 0.15) is 0 Å². The number of hydrogen-bond donors (Lipinski definition) is 1. The molecule has 1 heteroatoms. The SMILES string of the molecule is CC1CC(NCC2CCCC2)CC(C)(C)C1. The van der Waals surface area contributed by atoms with E-state index < -0.39 is 0 Å². The van der Waals surface area contributed by atoms with Gasteiger partial charge in [0.25, 0.3) is 0 Å². The summed E-state index contributed by atoms with van der Waals surface area (Å²) in [6.07, 6.45) is 10.1. The standard InChI is InChI=1S/C15H29N/c1-12-8-14(10-15(2,3)9-12)16-11-13-6-4-5-7-13/h12-14,16H,4-11H2,1-3H3. The van der Waals surface area contributed by atoms with E-state index in [0.29, 0.717) is 5.41 Å². The van der Waals surface area contributed by atoms with Crippen molar-refractivity contribution in [1.82, 2.24) is 5.32 Å². The third-order valence-electron chi connectivity index (χ3n) is 4.56. The Morgan fingerprint density at radius 1 is 1.12 bits per heavy atom. The molecular weight excluding hydrogens is 194 g/mol. The van der Waals surface area contributed by atoms with E-state index in [9.17, 15) is 0 Å². The molecule has 2 aliphatic rings. The summed E-state index contributed by atoms with van der Waals surface area (Å²) < 4.78 is 0. The van der Waals surface area contributed by atoms with Gasteiger partial charge in [-0.15, -0.1) is 0 Å². The highest BCUT2D eigenvalue weighted by atomic mass is 14.9. The van der Waals surface area contributed by atoms with E-state index in [-0.39, 0.29) is 0 Å². The Hall–Kier alpha value is -0.0400. The largest absolute Gasteiger partial charge is 0.314 e. The Morgan fingerprint density at radius 2 is 1.81 bits per heavy atom. The van der Waals surface area contributed by atoms with Gasteiger partial charge in [-0.3, -0.25) is 0 Å². The van der Waals surface area contributed by atoms with Crippen LogP contribution < -0.4 is 5.32 Å². The number of hydrogen-bond acceptors (Lipinski definition) is 1. The van der Waals surface area contributed by atoms with E-state index in [1.807, 2.05) is 0 Å². The molecule has 2 rings (SSSR count). The summed E-state index contributed by atoms with van der Waals surface area (Å²) in [5, 5.41) is 3.85. The first-order valence-electron chi connectivity index (χ1n) is 7.28. The minimum absolute atomic E-state index is 0.561. The molecular formula is C15H29N. The van der Waals surface area contributed by atoms with E-state index in [2.05, 4.69) is 26.1 Å². The van der Waals surface area contributed by atoms with Gasteiger partial charge in [-0.2, -0.15) is 0 Å². The van der Waals surface area contributed by atoms with Crippen LogP contribution in [0.25, 0.3) is 0 Å². The van der Waals surface area contributed by atoms with Crippen molar-refractivity contribution in [2.75, 3.05) is 6.54 Å². The van der Waals surface area contributed by atoms with Crippen LogP contribution in [0.4, 0.5) is 0 Å². The maximum atomic E-state index is 3.85. The van der Waals surface area contributed by atoms with Crippen molar-refractivity contribution in [2.45, 2.75) is 71.8 Å². The quantitative estimate of drug-likeness (QED) is 0.763. The predicted molar refractivity (Wildman–Crippen MR) is 70.5 cm³/mol. The van der Waals surface area contributed by atoms with Crippen LogP contribution in [0.5, 0.6) is 0 Å². The summed E-state index contributed by atoms with van der Waals surface area (Å²) in [6, 6.07) is 0.791. The second-order valence-electron chi connectivity index (χ2n) is 7.17. The van der Waals surface area contributed by atoms with Crippen LogP contribution in [0.15, 0.2) is 0 Å². The van der Waals surface area contributed by atoms with Crippen molar-refractivity contribution in [1.29, 1.82) is 0 Å². The maximum absolute atomic E-state index is 3.85. The lowest BCUT2D eigenvalue weighted by atomic mass is 9.70. The van der Waals surface area contributed by atoms with Crippen LogP contribution in [0, 0.1) is 17.3 Å². The van der Waals surface area contributed by atoms with Gasteiger partial charge in [0, 0.05) is 6.04 Å². The zero-order chi connectivity index (χ0) is 11.6. The van der Waals surface area contributed by atoms with Crippen LogP contribution in [0.2, 0.25) is 0 Å². The Balaban J connectivity index is 1.75. The molecule has 0 bridgehead atoms. The van der Waals surface area contributed by atoms with Crippen molar-refractivity contribution in [2.24, 2.45) is 17.3 Å². The Labute approximate surface area is 101 Å². The van der Waals surface area contributed by atoms with E-state index in [1.54, 1.807) is 0 Å². The molecule has 0 saturated heterocycles. The van der Waals surface area contributed by atoms with Crippen molar-refractivity contribution in [3.05, 3.63) is 0 Å². The molecule has 16 heavy (non-hydrogen) atoms. The number of rotatable bonds is 3. The maximum Gasteiger partial charge on any atom is 0.00748 e. The molecule has 0 spiro atoms. The molecule has 0 aromatic heterocycles. The second-order valence-corrected chi connectivity index (χ2v) is 7.17. The average molecular weight is 223 g/mol. The molecule has 1 N–H and O–H groups in total. The summed E-state index contributed by atoms with van der Waals surface area (Å²) in [7, 11) is 0. The van der Waals surface area contributed by atoms with Crippen molar-refractivity contribution in [3.63, 3.8) is 0 Å². The van der Waals surface area contributed by atoms with Crippen LogP contribution in [0.3, 0.4) is 0 Å². The molecule has 0 aromatic rings. The molecule has 94 valence electrons. The number of nitrogens with one attached hydrogen (secondary N) is 1. The molecule has 0 amide bonds. The molecule has 2 aliphatic carbocycles. The van der Waals surface area contributed by atoms with Gasteiger partial charge in [-0.1, -0.05) is 33.6 Å². The van der Waals surface area contributed by atoms with Gasteiger partial charge < -0.3 is 5.32 Å². The summed E-state index contributed by atoms with van der Waals surface area (Å²) in [5.41, 5.74) is 0.561. The summed E-state index contributed by atoms with van der Waals surface area (Å²) in [4.78, 5) is 0. The predicted octanol–water partition coefficient (Wildman–Crippen LogP) is 3.98. The second kappa shape index (κ2) is 5.08. The van der Waals surface area contributed by atoms with E-state index in [0.717, 1.165) is 17.9 Å². The van der Waals surface area contributed by atoms with Gasteiger partial charge in [0.05, 0.1) is 0 Å². The molecule has 0 aromatic carbocycles. The summed E-state index contributed by atoms with van der Waals surface area (Å²) >= 11 is 0. The lowest BCUT2D eigenvalue weighted by Crippen LogP contribution is -2.41. The first-order chi connectivity index (χ1) is 7.55. The average Bonchev–Trinajstić information content (AvgIpc) is 2.63. The lowest BCUT2D eigenvalue weighted by molar-refractivity contribution is 0.149. The van der Waals surface area contributed by atoms with E-state index in [1.165, 1.54) is 51.5 Å². The first kappa shape index (κ1) is 12.4. The normalized spacial score (nSPS) is 35.4. The Bertz CT molecular complexity index is 215. The third-order valence-corrected chi connectivity index (χ3v) is 4.56. The van der Waals surface area contributed by atoms with E-state index in [4.69, 9.17) is 0 Å². The zero-order valence-electron chi connectivity index (χ0n) is 11.4. The minimum atomic E-state index is 0.561. The Kier molecular flexibility index (Phi) is 3.94. The van der Waals surface area contributed by atoms with Gasteiger partial charge >= 0.3 is 0 Å². The summed E-state index contributed by atoms with van der Waals surface area (Å²) in [6.45, 7) is 8.58. The van der Waals surface area contributed by atoms with E-state index >= 15 is 0 Å². The third kappa shape index (κ3) is 3.48. The van der Waals surface area contributed by atoms with Crippen molar-refractivity contribution >= 4 is 0 Å². The fraction of sp³-hybridized carbons (Fsp3) is 1.00. The molecule has 1 nitrogen and oxygen atoms in total. The monoisotopic (exact) mass is 223 g/mol. The van der Waals surface area contributed by atoms with Gasteiger partial charge in [0.15, 0.2) is 0 Å². The smallest absolute Gasteiger partial charge is 0.00748 e. The van der Waals surface area contributed by atoms with Gasteiger partial charge in [0.2, 0.25) is 0 Å². The highest BCUT2D eigenvalue weighted by molar-refractivity contribution is 4.87. The topological polar surface area (TPSA) is 12.0 Å². The molecule has 0 heterocycles. The summed E-state index contributed by atoms with van der Waals surface area (Å²) in [5.74, 6) is 1.89. The molecule has 2 saturated carbocycles. The minimum Gasteiger partial charge on any atom is -0.314 e. The fourth-order valence-electron chi connectivity index (χ4n) is 4.05. The lowest BCUT2D eigenvalue weighted by Gasteiger charge is -2.39. The molecule has 0 aliphatic heterocycles. The molecule has 2 unspecified atom stereocenters. The Morgan fingerprint density at radius 3 is 2.44 bits per heavy atom. The van der Waals surface area contributed by atoms with Crippen molar-refractivity contribution < 1.29 is 0 Å². The molecule has 0 radical (unpaired) electrons. The van der Waals surface area contributed by atoms with Gasteiger partial charge in [-0.25, -0.2) is 0 Å². The molecule has 2 atom stereocenters. The zero-order valence-corrected chi connectivity index (χ0v) is 11.4. The molecule has 2 fully saturated rings. The first-order valence-corrected chi connectivity index (χ1v) is 7.28. The van der Waals surface area contributed by atoms with Crippen LogP contribution in [0.1, 0.15) is 65.7 Å². The van der Waals surface area contributed by atoms with Crippen LogP contribution in [-0.4, -0.2) is 12.6 Å². The van der Waals surface area contributed by atoms with Gasteiger partial charge in [-0.05, 0) is 55.9 Å². The fourth-order valence-corrected chi connectivity index (χ4v) is 4.05. The highest BCUT2D eigenvalue weighted by Gasteiger charge is 2.32. The van der Waals surface area contributed by atoms with Crippen LogP contribution in [-0.2, 0) is 0 Å². The van der Waals surface area contributed by atoms with Crippen molar-refractivity contribution in [3.8, 4) is 0 Å². The highest BCUT2D eigenvalue weighted by Crippen LogP contribution is 2.38. The van der Waals surface area contributed by atoms with Crippen LogP contribution >= 0.6 is 0 Å².